The zero-order valence-electron chi connectivity index (χ0n) is 12.7. The quantitative estimate of drug-likeness (QED) is 0.765. The molecule has 18 heavy (non-hydrogen) atoms. The van der Waals surface area contributed by atoms with E-state index < -0.39 is 11.6 Å². The number of aliphatic hydroxyl groups is 1. The molecular weight excluding hydrogens is 226 g/mol. The van der Waals surface area contributed by atoms with Gasteiger partial charge in [0, 0.05) is 0 Å². The minimum Gasteiger partial charge on any atom is -0.388 e. The maximum Gasteiger partial charge on any atom is 0.105 e. The standard InChI is InChI=1S/C15H29NO2/c1-8-15(16(6)7)13(17)12(9-10(2)3)18-14(15)11(4)5/h8,10-14,17H,1,9H2,2-7H3/t12-,13-,14+,15-/m1/s1. The van der Waals surface area contributed by atoms with Crippen molar-refractivity contribution < 1.29 is 9.84 Å². The summed E-state index contributed by atoms with van der Waals surface area (Å²) < 4.78 is 6.15. The Balaban J connectivity index is 3.08. The third-order valence-corrected chi connectivity index (χ3v) is 4.01. The second kappa shape index (κ2) is 5.72. The number of likely N-dealkylation sites (N-methyl/N-ethyl adjacent to an activating group) is 1. The van der Waals surface area contributed by atoms with E-state index in [-0.39, 0.29) is 12.2 Å². The van der Waals surface area contributed by atoms with Gasteiger partial charge in [-0.25, -0.2) is 0 Å². The van der Waals surface area contributed by atoms with E-state index in [0.29, 0.717) is 11.8 Å². The third-order valence-electron chi connectivity index (χ3n) is 4.01. The number of aliphatic hydroxyl groups excluding tert-OH is 1. The van der Waals surface area contributed by atoms with E-state index in [4.69, 9.17) is 4.74 Å². The second-order valence-electron chi connectivity index (χ2n) is 6.40. The van der Waals surface area contributed by atoms with E-state index >= 15 is 0 Å². The highest BCUT2D eigenvalue weighted by atomic mass is 16.5. The van der Waals surface area contributed by atoms with Crippen molar-refractivity contribution in [1.82, 2.24) is 4.90 Å². The molecule has 0 aromatic rings. The summed E-state index contributed by atoms with van der Waals surface area (Å²) in [6, 6.07) is 0. The number of hydrogen-bond acceptors (Lipinski definition) is 3. The lowest BCUT2D eigenvalue weighted by molar-refractivity contribution is -0.0227. The molecule has 0 unspecified atom stereocenters. The van der Waals surface area contributed by atoms with Crippen molar-refractivity contribution in [2.45, 2.75) is 58.0 Å². The summed E-state index contributed by atoms with van der Waals surface area (Å²) in [6.45, 7) is 12.5. The Kier molecular flexibility index (Phi) is 4.98. The lowest BCUT2D eigenvalue weighted by atomic mass is 9.80. The van der Waals surface area contributed by atoms with E-state index in [2.05, 4.69) is 39.2 Å². The maximum atomic E-state index is 10.7. The van der Waals surface area contributed by atoms with Gasteiger partial charge in [0.05, 0.1) is 17.7 Å². The molecule has 0 radical (unpaired) electrons. The van der Waals surface area contributed by atoms with Gasteiger partial charge in [0.15, 0.2) is 0 Å². The van der Waals surface area contributed by atoms with Crippen molar-refractivity contribution in [3.8, 4) is 0 Å². The first-order chi connectivity index (χ1) is 8.27. The van der Waals surface area contributed by atoms with Crippen LogP contribution in [0.3, 0.4) is 0 Å². The van der Waals surface area contributed by atoms with Gasteiger partial charge >= 0.3 is 0 Å². The molecule has 3 nitrogen and oxygen atoms in total. The van der Waals surface area contributed by atoms with Crippen molar-refractivity contribution in [2.24, 2.45) is 11.8 Å². The van der Waals surface area contributed by atoms with Crippen LogP contribution in [0.1, 0.15) is 34.1 Å². The first-order valence-electron chi connectivity index (χ1n) is 6.91. The van der Waals surface area contributed by atoms with Crippen LogP contribution in [0.4, 0.5) is 0 Å². The molecule has 1 aliphatic heterocycles. The molecule has 1 heterocycles. The minimum atomic E-state index is -0.514. The zero-order valence-corrected chi connectivity index (χ0v) is 12.7. The van der Waals surface area contributed by atoms with Crippen LogP contribution in [0.25, 0.3) is 0 Å². The smallest absolute Gasteiger partial charge is 0.105 e. The first kappa shape index (κ1) is 15.7. The minimum absolute atomic E-state index is 0.0104. The van der Waals surface area contributed by atoms with Crippen molar-refractivity contribution in [3.63, 3.8) is 0 Å². The summed E-state index contributed by atoms with van der Waals surface area (Å²) in [4.78, 5) is 2.05. The number of rotatable bonds is 5. The van der Waals surface area contributed by atoms with Gasteiger partial charge in [-0.15, -0.1) is 6.58 Å². The molecule has 0 aliphatic carbocycles. The van der Waals surface area contributed by atoms with Gasteiger partial charge in [0.1, 0.15) is 6.10 Å². The van der Waals surface area contributed by atoms with E-state index in [1.54, 1.807) is 0 Å². The highest BCUT2D eigenvalue weighted by molar-refractivity contribution is 5.19. The molecule has 0 bridgehead atoms. The molecule has 106 valence electrons. The molecule has 1 aliphatic rings. The lowest BCUT2D eigenvalue weighted by Crippen LogP contribution is -2.58. The Morgan fingerprint density at radius 2 is 1.89 bits per heavy atom. The fraction of sp³-hybridized carbons (Fsp3) is 0.867. The Morgan fingerprint density at radius 3 is 2.17 bits per heavy atom. The Labute approximate surface area is 112 Å². The van der Waals surface area contributed by atoms with Crippen LogP contribution >= 0.6 is 0 Å². The predicted octanol–water partition coefficient (Wildman–Crippen LogP) is 2.30. The van der Waals surface area contributed by atoms with Crippen LogP contribution in [0.5, 0.6) is 0 Å². The second-order valence-corrected chi connectivity index (χ2v) is 6.40. The van der Waals surface area contributed by atoms with Gasteiger partial charge < -0.3 is 9.84 Å². The average Bonchev–Trinajstić information content (AvgIpc) is 2.52. The Bertz CT molecular complexity index is 288. The lowest BCUT2D eigenvalue weighted by Gasteiger charge is -2.41. The van der Waals surface area contributed by atoms with Gasteiger partial charge in [-0.3, -0.25) is 4.90 Å². The zero-order chi connectivity index (χ0) is 14.1. The molecule has 0 aromatic carbocycles. The van der Waals surface area contributed by atoms with Crippen LogP contribution in [-0.4, -0.2) is 48.0 Å². The van der Waals surface area contributed by atoms with E-state index in [9.17, 15) is 5.11 Å². The van der Waals surface area contributed by atoms with Gasteiger partial charge in [-0.05, 0) is 32.4 Å². The highest BCUT2D eigenvalue weighted by Crippen LogP contribution is 2.41. The SMILES string of the molecule is C=C[C@@]1(N(C)C)[C@H](O)[C@@H](CC(C)C)O[C@H]1C(C)C. The van der Waals surface area contributed by atoms with E-state index in [1.807, 2.05) is 20.2 Å². The van der Waals surface area contributed by atoms with Crippen LogP contribution in [-0.2, 0) is 4.74 Å². The summed E-state index contributed by atoms with van der Waals surface area (Å²) in [6.07, 6.45) is 2.12. The molecule has 1 fully saturated rings. The number of nitrogens with zero attached hydrogens (tertiary/aromatic N) is 1. The molecule has 1 N–H and O–H groups in total. The predicted molar refractivity (Wildman–Crippen MR) is 75.6 cm³/mol. The molecule has 4 atom stereocenters. The molecular formula is C15H29NO2. The summed E-state index contributed by atoms with van der Waals surface area (Å²) in [7, 11) is 3.97. The van der Waals surface area contributed by atoms with Crippen molar-refractivity contribution in [2.75, 3.05) is 14.1 Å². The van der Waals surface area contributed by atoms with E-state index in [1.165, 1.54) is 0 Å². The molecule has 1 saturated heterocycles. The summed E-state index contributed by atoms with van der Waals surface area (Å²) in [5, 5.41) is 10.7. The molecule has 1 rings (SSSR count). The van der Waals surface area contributed by atoms with Crippen molar-refractivity contribution in [3.05, 3.63) is 12.7 Å². The molecule has 0 amide bonds. The number of hydrogen-bond donors (Lipinski definition) is 1. The Hall–Kier alpha value is -0.380. The van der Waals surface area contributed by atoms with Gasteiger partial charge in [0.2, 0.25) is 0 Å². The fourth-order valence-electron chi connectivity index (χ4n) is 3.12. The monoisotopic (exact) mass is 255 g/mol. The van der Waals surface area contributed by atoms with Gasteiger partial charge in [-0.1, -0.05) is 33.8 Å². The van der Waals surface area contributed by atoms with Crippen LogP contribution in [0, 0.1) is 11.8 Å². The first-order valence-corrected chi connectivity index (χ1v) is 6.91. The molecule has 0 saturated carbocycles. The highest BCUT2D eigenvalue weighted by Gasteiger charge is 2.56. The third kappa shape index (κ3) is 2.49. The summed E-state index contributed by atoms with van der Waals surface area (Å²) in [5.41, 5.74) is -0.478. The maximum absolute atomic E-state index is 10.7. The molecule has 3 heteroatoms. The Morgan fingerprint density at radius 1 is 1.33 bits per heavy atom. The number of ether oxygens (including phenoxy) is 1. The van der Waals surface area contributed by atoms with Crippen LogP contribution in [0.2, 0.25) is 0 Å². The van der Waals surface area contributed by atoms with Crippen LogP contribution in [0.15, 0.2) is 12.7 Å². The van der Waals surface area contributed by atoms with Gasteiger partial charge in [0.25, 0.3) is 0 Å². The molecule has 0 spiro atoms. The normalized spacial score (nSPS) is 36.9. The van der Waals surface area contributed by atoms with E-state index in [0.717, 1.165) is 6.42 Å². The van der Waals surface area contributed by atoms with Crippen molar-refractivity contribution in [1.29, 1.82) is 0 Å². The summed E-state index contributed by atoms with van der Waals surface area (Å²) >= 11 is 0. The molecule has 0 aromatic heterocycles. The summed E-state index contributed by atoms with van der Waals surface area (Å²) in [5.74, 6) is 0.859. The largest absolute Gasteiger partial charge is 0.388 e. The van der Waals surface area contributed by atoms with Crippen molar-refractivity contribution >= 4 is 0 Å². The topological polar surface area (TPSA) is 32.7 Å². The van der Waals surface area contributed by atoms with Crippen LogP contribution < -0.4 is 0 Å². The fourth-order valence-corrected chi connectivity index (χ4v) is 3.12. The average molecular weight is 255 g/mol. The van der Waals surface area contributed by atoms with Gasteiger partial charge in [-0.2, -0.15) is 0 Å².